The zero-order chi connectivity index (χ0) is 14.6. The topological polar surface area (TPSA) is 55.3 Å². The molecule has 0 aliphatic carbocycles. The van der Waals surface area contributed by atoms with E-state index in [1.54, 1.807) is 16.6 Å². The van der Waals surface area contributed by atoms with Crippen molar-refractivity contribution in [3.8, 4) is 6.01 Å². The first-order valence-electron chi connectivity index (χ1n) is 5.93. The molecule has 0 atom stereocenters. The predicted molar refractivity (Wildman–Crippen MR) is 78.4 cm³/mol. The quantitative estimate of drug-likeness (QED) is 0.616. The van der Waals surface area contributed by atoms with Crippen LogP contribution in [0.25, 0.3) is 0 Å². The van der Waals surface area contributed by atoms with Gasteiger partial charge in [-0.25, -0.2) is 9.29 Å². The third kappa shape index (κ3) is 5.60. The maximum Gasteiger partial charge on any atom is 0.318 e. The SMILES string of the molecule is CC(=O)N(SC(C)C)c1ccnc(OC(C)(C)[Si])n1. The van der Waals surface area contributed by atoms with Gasteiger partial charge < -0.3 is 4.74 Å². The predicted octanol–water partition coefficient (Wildman–Crippen LogP) is 2.17. The summed E-state index contributed by atoms with van der Waals surface area (Å²) in [7, 11) is 3.41. The summed E-state index contributed by atoms with van der Waals surface area (Å²) in [6, 6.07) is 1.91. The molecule has 0 unspecified atom stereocenters. The summed E-state index contributed by atoms with van der Waals surface area (Å²) < 4.78 is 7.06. The van der Waals surface area contributed by atoms with Crippen LogP contribution in [0.2, 0.25) is 0 Å². The number of nitrogens with zero attached hydrogens (tertiary/aromatic N) is 3. The molecule has 0 spiro atoms. The van der Waals surface area contributed by atoms with Crippen molar-refractivity contribution < 1.29 is 9.53 Å². The Kier molecular flexibility index (Phi) is 5.36. The minimum atomic E-state index is -0.565. The highest BCUT2D eigenvalue weighted by atomic mass is 32.2. The summed E-state index contributed by atoms with van der Waals surface area (Å²) >= 11 is 1.41. The molecule has 0 N–H and O–H groups in total. The number of aromatic nitrogens is 2. The molecule has 0 fully saturated rings. The number of hydrogen-bond donors (Lipinski definition) is 0. The van der Waals surface area contributed by atoms with Gasteiger partial charge in [0.2, 0.25) is 5.91 Å². The van der Waals surface area contributed by atoms with Gasteiger partial charge in [0, 0.05) is 24.4 Å². The average Bonchev–Trinajstić information content (AvgIpc) is 2.23. The van der Waals surface area contributed by atoms with Crippen LogP contribution < -0.4 is 9.04 Å². The van der Waals surface area contributed by atoms with Gasteiger partial charge in [0.1, 0.15) is 0 Å². The fourth-order valence-corrected chi connectivity index (χ4v) is 2.09. The van der Waals surface area contributed by atoms with Crippen molar-refractivity contribution in [3.63, 3.8) is 0 Å². The number of hydrogen-bond acceptors (Lipinski definition) is 5. The minimum Gasteiger partial charge on any atom is -0.462 e. The van der Waals surface area contributed by atoms with E-state index in [1.165, 1.54) is 18.9 Å². The average molecular weight is 296 g/mol. The fourth-order valence-electron chi connectivity index (χ4n) is 1.22. The molecule has 0 aliphatic rings. The normalized spacial score (nSPS) is 11.5. The van der Waals surface area contributed by atoms with E-state index < -0.39 is 5.22 Å². The Morgan fingerprint density at radius 1 is 1.53 bits per heavy atom. The van der Waals surface area contributed by atoms with E-state index in [0.29, 0.717) is 5.82 Å². The highest BCUT2D eigenvalue weighted by Gasteiger charge is 2.19. The molecule has 0 aliphatic heterocycles. The molecule has 0 saturated carbocycles. The van der Waals surface area contributed by atoms with Gasteiger partial charge in [0.05, 0.1) is 15.5 Å². The van der Waals surface area contributed by atoms with Gasteiger partial charge in [-0.2, -0.15) is 4.98 Å². The maximum atomic E-state index is 11.7. The van der Waals surface area contributed by atoms with Crippen molar-refractivity contribution in [2.24, 2.45) is 0 Å². The molecular weight excluding hydrogens is 278 g/mol. The molecule has 3 radical (unpaired) electrons. The number of rotatable bonds is 5. The van der Waals surface area contributed by atoms with E-state index in [0.717, 1.165) is 0 Å². The molecular formula is C12H18N3O2SSi. The smallest absolute Gasteiger partial charge is 0.318 e. The fraction of sp³-hybridized carbons (Fsp3) is 0.583. The van der Waals surface area contributed by atoms with E-state index >= 15 is 0 Å². The van der Waals surface area contributed by atoms with Gasteiger partial charge in [-0.3, -0.25) is 4.79 Å². The molecule has 0 saturated heterocycles. The first-order valence-corrected chi connectivity index (χ1v) is 7.27. The van der Waals surface area contributed by atoms with Gasteiger partial charge >= 0.3 is 6.01 Å². The van der Waals surface area contributed by atoms with Gasteiger partial charge in [-0.1, -0.05) is 13.8 Å². The lowest BCUT2D eigenvalue weighted by molar-refractivity contribution is -0.115. The van der Waals surface area contributed by atoms with Gasteiger partial charge in [-0.15, -0.1) is 0 Å². The molecule has 103 valence electrons. The van der Waals surface area contributed by atoms with Gasteiger partial charge in [-0.05, 0) is 25.8 Å². The Balaban J connectivity index is 2.98. The monoisotopic (exact) mass is 296 g/mol. The number of amides is 1. The number of ether oxygens (including phenoxy) is 1. The molecule has 1 heterocycles. The maximum absolute atomic E-state index is 11.7. The van der Waals surface area contributed by atoms with E-state index in [-0.39, 0.29) is 17.2 Å². The standard InChI is InChI=1S/C12H18N3O2SSi/c1-8(2)18-15(9(3)16)10-6-7-13-11(14-10)17-12(4,5)19/h6-8H,1-5H3. The van der Waals surface area contributed by atoms with Crippen LogP contribution in [0.5, 0.6) is 6.01 Å². The van der Waals surface area contributed by atoms with Crippen LogP contribution in [0.4, 0.5) is 5.82 Å². The van der Waals surface area contributed by atoms with E-state index in [4.69, 9.17) is 4.74 Å². The lowest BCUT2D eigenvalue weighted by Crippen LogP contribution is -2.29. The van der Waals surface area contributed by atoms with Gasteiger partial charge in [0.25, 0.3) is 0 Å². The number of carbonyl (C=O) groups excluding carboxylic acids is 1. The molecule has 1 aromatic rings. The molecule has 0 bridgehead atoms. The highest BCUT2D eigenvalue weighted by Crippen LogP contribution is 2.25. The second kappa shape index (κ2) is 6.38. The summed E-state index contributed by atoms with van der Waals surface area (Å²) in [5, 5.41) is -0.291. The highest BCUT2D eigenvalue weighted by molar-refractivity contribution is 8.01. The van der Waals surface area contributed by atoms with Crippen LogP contribution in [-0.4, -0.2) is 36.6 Å². The van der Waals surface area contributed by atoms with Crippen molar-refractivity contribution in [3.05, 3.63) is 12.3 Å². The first kappa shape index (κ1) is 16.0. The molecule has 7 heteroatoms. The number of anilines is 1. The Bertz CT molecular complexity index is 449. The van der Waals surface area contributed by atoms with Crippen LogP contribution in [0.3, 0.4) is 0 Å². The van der Waals surface area contributed by atoms with Crippen molar-refractivity contribution >= 4 is 33.9 Å². The van der Waals surface area contributed by atoms with E-state index in [2.05, 4.69) is 20.2 Å². The summed E-state index contributed by atoms with van der Waals surface area (Å²) in [6.07, 6.45) is 1.58. The van der Waals surface area contributed by atoms with Crippen molar-refractivity contribution in [1.82, 2.24) is 9.97 Å². The second-order valence-corrected chi connectivity index (χ2v) is 7.50. The molecule has 1 rings (SSSR count). The molecule has 0 aromatic carbocycles. The van der Waals surface area contributed by atoms with Crippen LogP contribution >= 0.6 is 11.9 Å². The third-order valence-electron chi connectivity index (χ3n) is 1.78. The molecule has 19 heavy (non-hydrogen) atoms. The Morgan fingerprint density at radius 2 is 2.16 bits per heavy atom. The zero-order valence-corrected chi connectivity index (χ0v) is 13.6. The zero-order valence-electron chi connectivity index (χ0n) is 11.8. The Labute approximate surface area is 121 Å². The lowest BCUT2D eigenvalue weighted by Gasteiger charge is -2.23. The van der Waals surface area contributed by atoms with Crippen molar-refractivity contribution in [2.45, 2.75) is 45.1 Å². The first-order chi connectivity index (χ1) is 8.69. The minimum absolute atomic E-state index is 0.0824. The van der Waals surface area contributed by atoms with Crippen LogP contribution in [0, 0.1) is 0 Å². The van der Waals surface area contributed by atoms with Crippen LogP contribution in [0.15, 0.2) is 12.3 Å². The largest absolute Gasteiger partial charge is 0.462 e. The van der Waals surface area contributed by atoms with Crippen molar-refractivity contribution in [2.75, 3.05) is 4.31 Å². The van der Waals surface area contributed by atoms with Gasteiger partial charge in [0.15, 0.2) is 5.82 Å². The second-order valence-electron chi connectivity index (χ2n) is 4.78. The summed E-state index contributed by atoms with van der Waals surface area (Å²) in [6.45, 7) is 9.21. The van der Waals surface area contributed by atoms with Crippen LogP contribution in [0.1, 0.15) is 34.6 Å². The molecule has 5 nitrogen and oxygen atoms in total. The Morgan fingerprint density at radius 3 is 2.63 bits per heavy atom. The lowest BCUT2D eigenvalue weighted by atomic mass is 10.5. The summed E-state index contributed by atoms with van der Waals surface area (Å²) in [5.74, 6) is 0.438. The van der Waals surface area contributed by atoms with Crippen molar-refractivity contribution in [1.29, 1.82) is 0 Å². The molecule has 1 amide bonds. The molecule has 1 aromatic heterocycles. The summed E-state index contributed by atoms with van der Waals surface area (Å²) in [4.78, 5) is 20.0. The van der Waals surface area contributed by atoms with Crippen LogP contribution in [-0.2, 0) is 4.79 Å². The third-order valence-corrected chi connectivity index (χ3v) is 2.95. The summed E-state index contributed by atoms with van der Waals surface area (Å²) in [5.41, 5.74) is 0. The van der Waals surface area contributed by atoms with E-state index in [9.17, 15) is 4.79 Å². The Hall–Kier alpha value is -1.08. The number of carbonyl (C=O) groups is 1. The van der Waals surface area contributed by atoms with E-state index in [1.807, 2.05) is 27.7 Å².